The van der Waals surface area contributed by atoms with Gasteiger partial charge in [0.05, 0.1) is 5.39 Å². The van der Waals surface area contributed by atoms with Crippen molar-refractivity contribution in [3.8, 4) is 0 Å². The van der Waals surface area contributed by atoms with Crippen LogP contribution in [0.1, 0.15) is 22.3 Å². The molecule has 3 aromatic rings. The molecule has 7 nitrogen and oxygen atoms in total. The largest absolute Gasteiger partial charge is 0.477 e. The molecule has 156 valence electrons. The third-order valence-corrected chi connectivity index (χ3v) is 5.15. The molecule has 1 aliphatic heterocycles. The molecule has 0 saturated carbocycles. The number of anilines is 1. The minimum Gasteiger partial charge on any atom is -0.477 e. The molecule has 10 heteroatoms. The number of hydrogen-bond acceptors (Lipinski definition) is 5. The van der Waals surface area contributed by atoms with Gasteiger partial charge in [0, 0.05) is 37.4 Å². The molecule has 1 fully saturated rings. The predicted octanol–water partition coefficient (Wildman–Crippen LogP) is 2.41. The van der Waals surface area contributed by atoms with Crippen molar-refractivity contribution in [3.63, 3.8) is 0 Å². The molecule has 1 unspecified atom stereocenters. The monoisotopic (exact) mass is 418 g/mol. The van der Waals surface area contributed by atoms with Gasteiger partial charge in [0.15, 0.2) is 11.6 Å². The summed E-state index contributed by atoms with van der Waals surface area (Å²) in [6.45, 7) is 0.795. The van der Waals surface area contributed by atoms with E-state index in [1.54, 1.807) is 4.90 Å². The summed E-state index contributed by atoms with van der Waals surface area (Å²) in [6.07, 6.45) is 1.63. The van der Waals surface area contributed by atoms with Crippen molar-refractivity contribution in [2.24, 2.45) is 0 Å². The first kappa shape index (κ1) is 19.9. The smallest absolute Gasteiger partial charge is 0.341 e. The number of carbonyl (C=O) groups is 1. The zero-order valence-corrected chi connectivity index (χ0v) is 15.6. The van der Waals surface area contributed by atoms with Gasteiger partial charge in [-0.15, -0.1) is 0 Å². The zero-order valence-electron chi connectivity index (χ0n) is 15.6. The number of halogens is 3. The lowest BCUT2D eigenvalue weighted by Crippen LogP contribution is -2.33. The summed E-state index contributed by atoms with van der Waals surface area (Å²) < 4.78 is 42.2. The summed E-state index contributed by atoms with van der Waals surface area (Å²) in [5.41, 5.74) is -1.30. The van der Waals surface area contributed by atoms with Gasteiger partial charge in [0.25, 0.3) is 0 Å². The lowest BCUT2D eigenvalue weighted by molar-refractivity contribution is 0.0695. The number of H-pyrrole nitrogens is 1. The maximum atomic E-state index is 14.6. The highest BCUT2D eigenvalue weighted by atomic mass is 19.1. The third kappa shape index (κ3) is 3.61. The Labute approximate surface area is 168 Å². The van der Waals surface area contributed by atoms with E-state index in [1.807, 2.05) is 0 Å². The number of nitrogens with zero attached hydrogens (tertiary/aromatic N) is 2. The van der Waals surface area contributed by atoms with Crippen molar-refractivity contribution in [2.45, 2.75) is 19.0 Å². The number of hydrogen-bond donors (Lipinski definition) is 3. The van der Waals surface area contributed by atoms with E-state index in [4.69, 9.17) is 5.11 Å². The molecule has 1 aliphatic rings. The Bertz CT molecular complexity index is 1180. The number of benzene rings is 1. The second kappa shape index (κ2) is 7.79. The van der Waals surface area contributed by atoms with Gasteiger partial charge < -0.3 is 20.3 Å². The summed E-state index contributed by atoms with van der Waals surface area (Å²) in [7, 11) is 0. The highest BCUT2D eigenvalue weighted by molar-refractivity contribution is 5.91. The van der Waals surface area contributed by atoms with Crippen LogP contribution in [0.4, 0.5) is 19.0 Å². The number of fused-ring (bicyclic) bond motifs is 1. The number of aromatic carboxylic acids is 1. The first-order chi connectivity index (χ1) is 14.3. The van der Waals surface area contributed by atoms with Gasteiger partial charge in [-0.3, -0.25) is 4.79 Å². The van der Waals surface area contributed by atoms with Crippen LogP contribution < -0.4 is 15.6 Å². The van der Waals surface area contributed by atoms with E-state index in [1.165, 1.54) is 18.2 Å². The highest BCUT2D eigenvalue weighted by Crippen LogP contribution is 2.24. The van der Waals surface area contributed by atoms with E-state index < -0.39 is 34.4 Å². The fourth-order valence-electron chi connectivity index (χ4n) is 3.56. The molecule has 2 aromatic heterocycles. The van der Waals surface area contributed by atoms with Crippen LogP contribution in [-0.4, -0.2) is 40.2 Å². The summed E-state index contributed by atoms with van der Waals surface area (Å²) >= 11 is 0. The molecule has 1 atom stereocenters. The van der Waals surface area contributed by atoms with Crippen molar-refractivity contribution in [2.75, 3.05) is 18.0 Å². The molecule has 4 rings (SSSR count). The Morgan fingerprint density at radius 1 is 1.27 bits per heavy atom. The van der Waals surface area contributed by atoms with Crippen molar-refractivity contribution in [1.29, 1.82) is 0 Å². The normalized spacial score (nSPS) is 16.4. The Morgan fingerprint density at radius 2 is 2.00 bits per heavy atom. The van der Waals surface area contributed by atoms with Gasteiger partial charge in [-0.2, -0.15) is 0 Å². The van der Waals surface area contributed by atoms with E-state index in [0.29, 0.717) is 19.5 Å². The molecule has 1 saturated heterocycles. The van der Waals surface area contributed by atoms with Crippen LogP contribution >= 0.6 is 0 Å². The molecule has 30 heavy (non-hydrogen) atoms. The Kier molecular flexibility index (Phi) is 5.17. The lowest BCUT2D eigenvalue weighted by atomic mass is 10.1. The van der Waals surface area contributed by atoms with E-state index in [-0.39, 0.29) is 35.0 Å². The topological polar surface area (TPSA) is 98.3 Å². The molecular weight excluding hydrogens is 401 g/mol. The molecule has 0 spiro atoms. The molecule has 3 N–H and O–H groups in total. The number of carboxylic acids is 1. The first-order valence-corrected chi connectivity index (χ1v) is 9.21. The number of aromatic amines is 1. The molecule has 1 aromatic carbocycles. The standard InChI is InChI=1S/C20H17F3N4O3/c21-14-2-1-3-15(22)12(14)7-24-10-4-5-27(9-10)19-16(23)6-11-17(28)13(20(29)30)8-25-18(11)26-19/h1-3,6,8,10,24H,4-5,7,9H2,(H,29,30)(H,25,26,28). The van der Waals surface area contributed by atoms with E-state index in [2.05, 4.69) is 15.3 Å². The number of pyridine rings is 2. The number of aromatic nitrogens is 2. The van der Waals surface area contributed by atoms with Crippen LogP contribution in [0.2, 0.25) is 0 Å². The van der Waals surface area contributed by atoms with E-state index >= 15 is 0 Å². The van der Waals surface area contributed by atoms with Crippen molar-refractivity contribution in [3.05, 3.63) is 69.3 Å². The average Bonchev–Trinajstić information content (AvgIpc) is 3.16. The fraction of sp³-hybridized carbons (Fsp3) is 0.250. The van der Waals surface area contributed by atoms with Crippen LogP contribution in [0.5, 0.6) is 0 Å². The average molecular weight is 418 g/mol. The maximum Gasteiger partial charge on any atom is 0.341 e. The first-order valence-electron chi connectivity index (χ1n) is 9.21. The van der Waals surface area contributed by atoms with Crippen LogP contribution in [0, 0.1) is 17.5 Å². The molecule has 0 radical (unpaired) electrons. The van der Waals surface area contributed by atoms with Crippen LogP contribution in [0.3, 0.4) is 0 Å². The van der Waals surface area contributed by atoms with Crippen molar-refractivity contribution >= 4 is 22.8 Å². The van der Waals surface area contributed by atoms with Crippen LogP contribution in [-0.2, 0) is 6.54 Å². The van der Waals surface area contributed by atoms with Crippen LogP contribution in [0.25, 0.3) is 11.0 Å². The van der Waals surface area contributed by atoms with Crippen LogP contribution in [0.15, 0.2) is 35.3 Å². The molecule has 0 bridgehead atoms. The van der Waals surface area contributed by atoms with Gasteiger partial charge in [-0.25, -0.2) is 22.9 Å². The molecule has 0 amide bonds. The number of carboxylic acid groups (broad SMARTS) is 1. The Hall–Kier alpha value is -3.40. The highest BCUT2D eigenvalue weighted by Gasteiger charge is 2.27. The van der Waals surface area contributed by atoms with Gasteiger partial charge in [0.1, 0.15) is 22.8 Å². The minimum absolute atomic E-state index is 0.00404. The second-order valence-corrected chi connectivity index (χ2v) is 7.04. The summed E-state index contributed by atoms with van der Waals surface area (Å²) in [5, 5.41) is 11.9. The predicted molar refractivity (Wildman–Crippen MR) is 103 cm³/mol. The van der Waals surface area contributed by atoms with E-state index in [9.17, 15) is 22.8 Å². The Morgan fingerprint density at radius 3 is 2.70 bits per heavy atom. The summed E-state index contributed by atoms with van der Waals surface area (Å²) in [5.74, 6) is -3.42. The Balaban J connectivity index is 1.52. The number of rotatable bonds is 5. The zero-order chi connectivity index (χ0) is 21.4. The molecule has 3 heterocycles. The van der Waals surface area contributed by atoms with E-state index in [0.717, 1.165) is 12.3 Å². The summed E-state index contributed by atoms with van der Waals surface area (Å²) in [4.78, 5) is 31.7. The fourth-order valence-corrected chi connectivity index (χ4v) is 3.56. The van der Waals surface area contributed by atoms with Gasteiger partial charge in [-0.1, -0.05) is 6.07 Å². The SMILES string of the molecule is O=C(O)c1c[nH]c2nc(N3CCC(NCc4c(F)cccc4F)C3)c(F)cc2c1=O. The van der Waals surface area contributed by atoms with Gasteiger partial charge in [-0.05, 0) is 24.6 Å². The lowest BCUT2D eigenvalue weighted by Gasteiger charge is -2.19. The third-order valence-electron chi connectivity index (χ3n) is 5.15. The van der Waals surface area contributed by atoms with Crippen molar-refractivity contribution < 1.29 is 23.1 Å². The van der Waals surface area contributed by atoms with Gasteiger partial charge >= 0.3 is 5.97 Å². The summed E-state index contributed by atoms with van der Waals surface area (Å²) in [6, 6.07) is 4.49. The quantitative estimate of drug-likeness (QED) is 0.589. The molecule has 0 aliphatic carbocycles. The number of nitrogens with one attached hydrogen (secondary N) is 2. The van der Waals surface area contributed by atoms with Crippen molar-refractivity contribution in [1.82, 2.24) is 15.3 Å². The maximum absolute atomic E-state index is 14.6. The minimum atomic E-state index is -1.41. The van der Waals surface area contributed by atoms with Gasteiger partial charge in [0.2, 0.25) is 5.43 Å². The second-order valence-electron chi connectivity index (χ2n) is 7.04. The molecular formula is C20H17F3N4O3.